The lowest BCUT2D eigenvalue weighted by Crippen LogP contribution is -2.37. The van der Waals surface area contributed by atoms with E-state index in [0.29, 0.717) is 29.8 Å². The number of nitrogens with zero attached hydrogens (tertiary/aromatic N) is 2. The number of carbonyl (C=O) groups is 4. The molecule has 0 radical (unpaired) electrons. The van der Waals surface area contributed by atoms with E-state index in [9.17, 15) is 19.2 Å². The first-order valence-corrected chi connectivity index (χ1v) is 12.0. The van der Waals surface area contributed by atoms with Crippen LogP contribution in [-0.2, 0) is 19.2 Å². The summed E-state index contributed by atoms with van der Waals surface area (Å²) < 4.78 is 0. The first-order valence-electron chi connectivity index (χ1n) is 10.8. The SMILES string of the molecule is CC(C)C(=O)C1CCC(CN2C(=O)CC(CSCC(=O)N(C)C(C)C)C2=O)CC1. The van der Waals surface area contributed by atoms with Gasteiger partial charge in [-0.2, -0.15) is 11.8 Å². The smallest absolute Gasteiger partial charge is 0.233 e. The first-order chi connectivity index (χ1) is 13.6. The zero-order valence-electron chi connectivity index (χ0n) is 18.5. The van der Waals surface area contributed by atoms with Gasteiger partial charge in [-0.05, 0) is 45.4 Å². The van der Waals surface area contributed by atoms with Gasteiger partial charge >= 0.3 is 0 Å². The largest absolute Gasteiger partial charge is 0.343 e. The Hall–Kier alpha value is -1.37. The highest BCUT2D eigenvalue weighted by Gasteiger charge is 2.40. The van der Waals surface area contributed by atoms with E-state index in [1.54, 1.807) is 11.9 Å². The van der Waals surface area contributed by atoms with E-state index in [4.69, 9.17) is 0 Å². The molecular formula is C22H36N2O4S. The van der Waals surface area contributed by atoms with Gasteiger partial charge in [0.25, 0.3) is 0 Å². The Morgan fingerprint density at radius 3 is 2.28 bits per heavy atom. The van der Waals surface area contributed by atoms with Crippen LogP contribution in [0.15, 0.2) is 0 Å². The molecule has 0 spiro atoms. The van der Waals surface area contributed by atoms with Crippen molar-refractivity contribution in [2.75, 3.05) is 25.1 Å². The maximum absolute atomic E-state index is 12.7. The van der Waals surface area contributed by atoms with Gasteiger partial charge in [-0.25, -0.2) is 0 Å². The molecular weight excluding hydrogens is 388 g/mol. The number of likely N-dealkylation sites (tertiary alicyclic amines) is 1. The average Bonchev–Trinajstić information content (AvgIpc) is 2.94. The number of carbonyl (C=O) groups excluding carboxylic acids is 4. The van der Waals surface area contributed by atoms with Crippen LogP contribution in [0.3, 0.4) is 0 Å². The molecule has 2 aliphatic rings. The lowest BCUT2D eigenvalue weighted by atomic mass is 9.77. The van der Waals surface area contributed by atoms with Crippen molar-refractivity contribution in [3.8, 4) is 0 Å². The van der Waals surface area contributed by atoms with E-state index >= 15 is 0 Å². The van der Waals surface area contributed by atoms with Crippen molar-refractivity contribution in [2.24, 2.45) is 23.7 Å². The average molecular weight is 425 g/mol. The Morgan fingerprint density at radius 1 is 1.10 bits per heavy atom. The maximum atomic E-state index is 12.7. The van der Waals surface area contributed by atoms with Crippen LogP contribution in [0.25, 0.3) is 0 Å². The van der Waals surface area contributed by atoms with E-state index in [0.717, 1.165) is 25.7 Å². The maximum Gasteiger partial charge on any atom is 0.233 e. The zero-order valence-corrected chi connectivity index (χ0v) is 19.3. The molecule has 1 aliphatic carbocycles. The monoisotopic (exact) mass is 424 g/mol. The van der Waals surface area contributed by atoms with E-state index in [-0.39, 0.29) is 47.9 Å². The van der Waals surface area contributed by atoms with Crippen molar-refractivity contribution >= 4 is 35.3 Å². The molecule has 0 N–H and O–H groups in total. The minimum atomic E-state index is -0.316. The summed E-state index contributed by atoms with van der Waals surface area (Å²) in [6, 6.07) is 0.152. The number of thioether (sulfide) groups is 1. The third-order valence-electron chi connectivity index (χ3n) is 6.31. The molecule has 6 nitrogen and oxygen atoms in total. The van der Waals surface area contributed by atoms with Gasteiger partial charge in [-0.15, -0.1) is 0 Å². The van der Waals surface area contributed by atoms with Crippen molar-refractivity contribution in [3.05, 3.63) is 0 Å². The summed E-state index contributed by atoms with van der Waals surface area (Å²) >= 11 is 1.44. The minimum Gasteiger partial charge on any atom is -0.343 e. The Kier molecular flexibility index (Phi) is 8.73. The standard InChI is InChI=1S/C22H36N2O4S/c1-14(2)21(27)17-8-6-16(7-9-17)11-24-19(25)10-18(22(24)28)12-29-13-20(26)23(5)15(3)4/h14-18H,6-13H2,1-5H3. The van der Waals surface area contributed by atoms with Crippen molar-refractivity contribution in [3.63, 3.8) is 0 Å². The predicted molar refractivity (Wildman–Crippen MR) is 115 cm³/mol. The summed E-state index contributed by atoms with van der Waals surface area (Å²) in [5.74, 6) is 1.24. The summed E-state index contributed by atoms with van der Waals surface area (Å²) in [6.07, 6.45) is 3.78. The first kappa shape index (κ1) is 23.9. The second kappa shape index (κ2) is 10.6. The van der Waals surface area contributed by atoms with Gasteiger partial charge in [-0.3, -0.25) is 24.1 Å². The van der Waals surface area contributed by atoms with E-state index in [1.807, 2.05) is 27.7 Å². The van der Waals surface area contributed by atoms with Gasteiger partial charge in [0.1, 0.15) is 5.78 Å². The van der Waals surface area contributed by atoms with Gasteiger partial charge in [-0.1, -0.05) is 13.8 Å². The Balaban J connectivity index is 1.78. The highest BCUT2D eigenvalue weighted by Crippen LogP contribution is 2.33. The molecule has 7 heteroatoms. The van der Waals surface area contributed by atoms with Gasteiger partial charge in [0.05, 0.1) is 11.7 Å². The summed E-state index contributed by atoms with van der Waals surface area (Å²) in [5, 5.41) is 0. The predicted octanol–water partition coefficient (Wildman–Crippen LogP) is 2.99. The van der Waals surface area contributed by atoms with Crippen LogP contribution in [-0.4, -0.2) is 64.4 Å². The molecule has 1 saturated heterocycles. The third-order valence-corrected chi connectivity index (χ3v) is 7.40. The van der Waals surface area contributed by atoms with Gasteiger partial charge in [0, 0.05) is 43.6 Å². The van der Waals surface area contributed by atoms with Crippen molar-refractivity contribution in [1.29, 1.82) is 0 Å². The second-order valence-corrected chi connectivity index (χ2v) is 10.2. The molecule has 1 saturated carbocycles. The fourth-order valence-electron chi connectivity index (χ4n) is 4.11. The fraction of sp³-hybridized carbons (Fsp3) is 0.818. The van der Waals surface area contributed by atoms with Crippen molar-refractivity contribution in [2.45, 2.75) is 65.8 Å². The number of ketones is 1. The second-order valence-electron chi connectivity index (χ2n) is 9.13. The molecule has 2 fully saturated rings. The van der Waals surface area contributed by atoms with Crippen LogP contribution in [0.4, 0.5) is 0 Å². The Labute approximate surface area is 179 Å². The summed E-state index contributed by atoms with van der Waals surface area (Å²) in [7, 11) is 1.78. The molecule has 0 aromatic heterocycles. The molecule has 29 heavy (non-hydrogen) atoms. The molecule has 1 heterocycles. The number of rotatable bonds is 9. The van der Waals surface area contributed by atoms with Crippen LogP contribution in [0.5, 0.6) is 0 Å². The molecule has 3 amide bonds. The molecule has 0 aromatic carbocycles. The number of Topliss-reactive ketones (excluding diaryl/α,β-unsaturated/α-hetero) is 1. The van der Waals surface area contributed by atoms with E-state index < -0.39 is 0 Å². The summed E-state index contributed by atoms with van der Waals surface area (Å²) in [6.45, 7) is 8.30. The van der Waals surface area contributed by atoms with Crippen LogP contribution in [0, 0.1) is 23.7 Å². The normalized spacial score (nSPS) is 25.2. The zero-order chi connectivity index (χ0) is 21.7. The fourth-order valence-corrected chi connectivity index (χ4v) is 5.15. The minimum absolute atomic E-state index is 0.0475. The van der Waals surface area contributed by atoms with Crippen molar-refractivity contribution < 1.29 is 19.2 Å². The van der Waals surface area contributed by atoms with Crippen LogP contribution in [0.2, 0.25) is 0 Å². The Morgan fingerprint density at radius 2 is 1.72 bits per heavy atom. The number of hydrogen-bond donors (Lipinski definition) is 0. The molecule has 2 rings (SSSR count). The lowest BCUT2D eigenvalue weighted by molar-refractivity contribution is -0.140. The molecule has 0 aromatic rings. The Bertz CT molecular complexity index is 626. The quantitative estimate of drug-likeness (QED) is 0.532. The van der Waals surface area contributed by atoms with Gasteiger partial charge < -0.3 is 4.90 Å². The van der Waals surface area contributed by atoms with E-state index in [1.165, 1.54) is 16.7 Å². The lowest BCUT2D eigenvalue weighted by Gasteiger charge is -2.30. The molecule has 1 aliphatic heterocycles. The van der Waals surface area contributed by atoms with Gasteiger partial charge in [0.2, 0.25) is 17.7 Å². The molecule has 1 atom stereocenters. The van der Waals surface area contributed by atoms with Crippen LogP contribution >= 0.6 is 11.8 Å². The number of amides is 3. The molecule has 0 bridgehead atoms. The topological polar surface area (TPSA) is 74.8 Å². The van der Waals surface area contributed by atoms with Crippen LogP contribution in [0.1, 0.15) is 59.8 Å². The highest BCUT2D eigenvalue weighted by molar-refractivity contribution is 7.99. The number of imide groups is 1. The van der Waals surface area contributed by atoms with Crippen LogP contribution < -0.4 is 0 Å². The molecule has 164 valence electrons. The van der Waals surface area contributed by atoms with E-state index in [2.05, 4.69) is 0 Å². The van der Waals surface area contributed by atoms with Crippen molar-refractivity contribution in [1.82, 2.24) is 9.80 Å². The molecule has 1 unspecified atom stereocenters. The summed E-state index contributed by atoms with van der Waals surface area (Å²) in [4.78, 5) is 52.5. The third kappa shape index (κ3) is 6.30. The highest BCUT2D eigenvalue weighted by atomic mass is 32.2. The van der Waals surface area contributed by atoms with Gasteiger partial charge in [0.15, 0.2) is 0 Å². The number of hydrogen-bond acceptors (Lipinski definition) is 5. The summed E-state index contributed by atoms with van der Waals surface area (Å²) in [5.41, 5.74) is 0.